The number of alkyl halides is 1. The average Bonchev–Trinajstić information content (AvgIpc) is 2.75. The van der Waals surface area contributed by atoms with E-state index in [4.69, 9.17) is 11.6 Å². The Labute approximate surface area is 77.6 Å². The quantitative estimate of drug-likeness (QED) is 0.751. The molecule has 2 aromatic heterocycles. The summed E-state index contributed by atoms with van der Waals surface area (Å²) in [7, 11) is 0. The molecule has 2 heterocycles. The van der Waals surface area contributed by atoms with E-state index in [0.29, 0.717) is 5.88 Å². The second kappa shape index (κ2) is 3.20. The second-order valence-corrected chi connectivity index (χ2v) is 3.45. The lowest BCUT2D eigenvalue weighted by Crippen LogP contribution is -1.74. The summed E-state index contributed by atoms with van der Waals surface area (Å²) in [6, 6.07) is 0. The number of H-pyrrole nitrogens is 1. The number of nitrogens with one attached hydrogen (secondary N) is 1. The molecule has 0 bridgehead atoms. The first-order valence-electron chi connectivity index (χ1n) is 3.27. The van der Waals surface area contributed by atoms with E-state index in [9.17, 15) is 0 Å². The average molecular weight is 201 g/mol. The molecule has 62 valence electrons. The van der Waals surface area contributed by atoms with Crippen LogP contribution in [0.15, 0.2) is 12.4 Å². The number of aromatic nitrogens is 4. The summed E-state index contributed by atoms with van der Waals surface area (Å²) < 4.78 is 0. The third-order valence-corrected chi connectivity index (χ3v) is 2.71. The molecule has 12 heavy (non-hydrogen) atoms. The normalized spacial score (nSPS) is 10.4. The van der Waals surface area contributed by atoms with Gasteiger partial charge in [0.2, 0.25) is 0 Å². The Morgan fingerprint density at radius 3 is 3.00 bits per heavy atom. The molecule has 0 aliphatic rings. The standard InChI is InChI=1S/C6H5ClN4S/c7-1-5-10-11-6(12-5)4-2-8-9-3-4/h2-3H,1H2,(H,8,9). The lowest BCUT2D eigenvalue weighted by molar-refractivity contribution is 1.04. The Bertz CT molecular complexity index is 355. The number of hydrogen-bond acceptors (Lipinski definition) is 4. The zero-order valence-corrected chi connectivity index (χ0v) is 7.56. The lowest BCUT2D eigenvalue weighted by Gasteiger charge is -1.81. The van der Waals surface area contributed by atoms with Crippen molar-refractivity contribution in [3.8, 4) is 10.6 Å². The van der Waals surface area contributed by atoms with Crippen LogP contribution in [0.4, 0.5) is 0 Å². The first-order chi connectivity index (χ1) is 5.90. The van der Waals surface area contributed by atoms with Gasteiger partial charge in [-0.2, -0.15) is 5.10 Å². The second-order valence-electron chi connectivity index (χ2n) is 2.12. The van der Waals surface area contributed by atoms with E-state index < -0.39 is 0 Å². The Morgan fingerprint density at radius 1 is 1.50 bits per heavy atom. The largest absolute Gasteiger partial charge is 0.285 e. The van der Waals surface area contributed by atoms with Gasteiger partial charge in [0.05, 0.1) is 17.6 Å². The van der Waals surface area contributed by atoms with Gasteiger partial charge in [0.1, 0.15) is 5.01 Å². The molecule has 0 aliphatic heterocycles. The summed E-state index contributed by atoms with van der Waals surface area (Å²) in [5.41, 5.74) is 0.948. The molecule has 0 fully saturated rings. The summed E-state index contributed by atoms with van der Waals surface area (Å²) in [5, 5.41) is 16.0. The molecule has 4 nitrogen and oxygen atoms in total. The van der Waals surface area contributed by atoms with Crippen molar-refractivity contribution in [2.24, 2.45) is 0 Å². The highest BCUT2D eigenvalue weighted by Crippen LogP contribution is 2.22. The van der Waals surface area contributed by atoms with Gasteiger partial charge in [-0.3, -0.25) is 5.10 Å². The Balaban J connectivity index is 2.35. The van der Waals surface area contributed by atoms with E-state index in [-0.39, 0.29) is 0 Å². The number of nitrogens with zero attached hydrogens (tertiary/aromatic N) is 3. The van der Waals surface area contributed by atoms with Crippen molar-refractivity contribution in [3.05, 3.63) is 17.4 Å². The van der Waals surface area contributed by atoms with E-state index in [1.54, 1.807) is 12.4 Å². The summed E-state index contributed by atoms with van der Waals surface area (Å²) in [5.74, 6) is 0.412. The smallest absolute Gasteiger partial charge is 0.150 e. The van der Waals surface area contributed by atoms with Crippen molar-refractivity contribution in [1.29, 1.82) is 0 Å². The van der Waals surface area contributed by atoms with Crippen molar-refractivity contribution in [2.75, 3.05) is 0 Å². The number of rotatable bonds is 2. The molecule has 2 rings (SSSR count). The molecule has 0 aromatic carbocycles. The van der Waals surface area contributed by atoms with Crippen molar-refractivity contribution in [1.82, 2.24) is 20.4 Å². The predicted octanol–water partition coefficient (Wildman–Crippen LogP) is 1.67. The molecular formula is C6H5ClN4S. The van der Waals surface area contributed by atoms with Crippen LogP contribution in [0.5, 0.6) is 0 Å². The molecule has 0 saturated carbocycles. The topological polar surface area (TPSA) is 54.5 Å². The van der Waals surface area contributed by atoms with Crippen LogP contribution >= 0.6 is 22.9 Å². The van der Waals surface area contributed by atoms with Crippen LogP contribution in [0, 0.1) is 0 Å². The van der Waals surface area contributed by atoms with Crippen molar-refractivity contribution >= 4 is 22.9 Å². The van der Waals surface area contributed by atoms with E-state index in [1.807, 2.05) is 0 Å². The number of hydrogen-bond donors (Lipinski definition) is 1. The Kier molecular flexibility index (Phi) is 2.05. The van der Waals surface area contributed by atoms with Gasteiger partial charge >= 0.3 is 0 Å². The summed E-state index contributed by atoms with van der Waals surface area (Å²) in [4.78, 5) is 0. The van der Waals surface area contributed by atoms with E-state index in [2.05, 4.69) is 20.4 Å². The molecule has 2 aromatic rings. The van der Waals surface area contributed by atoms with Gasteiger partial charge < -0.3 is 0 Å². The molecule has 6 heteroatoms. The van der Waals surface area contributed by atoms with Gasteiger partial charge in [-0.05, 0) is 0 Å². The lowest BCUT2D eigenvalue weighted by atomic mass is 10.4. The predicted molar refractivity (Wildman–Crippen MR) is 47.0 cm³/mol. The van der Waals surface area contributed by atoms with Crippen LogP contribution in [0.2, 0.25) is 0 Å². The zero-order valence-electron chi connectivity index (χ0n) is 5.99. The molecule has 0 radical (unpaired) electrons. The van der Waals surface area contributed by atoms with Gasteiger partial charge in [-0.15, -0.1) is 21.8 Å². The van der Waals surface area contributed by atoms with Crippen LogP contribution in [0.1, 0.15) is 5.01 Å². The van der Waals surface area contributed by atoms with Crippen LogP contribution in [-0.4, -0.2) is 20.4 Å². The van der Waals surface area contributed by atoms with Gasteiger partial charge in [0, 0.05) is 6.20 Å². The fourth-order valence-corrected chi connectivity index (χ4v) is 1.68. The van der Waals surface area contributed by atoms with Crippen molar-refractivity contribution in [2.45, 2.75) is 5.88 Å². The fraction of sp³-hybridized carbons (Fsp3) is 0.167. The molecule has 1 N–H and O–H groups in total. The molecular weight excluding hydrogens is 196 g/mol. The first kappa shape index (κ1) is 7.70. The monoisotopic (exact) mass is 200 g/mol. The van der Waals surface area contributed by atoms with Gasteiger partial charge in [-0.25, -0.2) is 0 Å². The summed E-state index contributed by atoms with van der Waals surface area (Å²) in [6.45, 7) is 0. The van der Waals surface area contributed by atoms with E-state index in [1.165, 1.54) is 11.3 Å². The first-order valence-corrected chi connectivity index (χ1v) is 4.63. The highest BCUT2D eigenvalue weighted by molar-refractivity contribution is 7.14. The molecule has 0 aliphatic carbocycles. The zero-order chi connectivity index (χ0) is 8.39. The molecule has 0 atom stereocenters. The van der Waals surface area contributed by atoms with Crippen LogP contribution < -0.4 is 0 Å². The maximum absolute atomic E-state index is 5.59. The molecule has 0 unspecified atom stereocenters. The van der Waals surface area contributed by atoms with Crippen molar-refractivity contribution < 1.29 is 0 Å². The number of halogens is 1. The maximum Gasteiger partial charge on any atom is 0.150 e. The van der Waals surface area contributed by atoms with Gasteiger partial charge in [0.15, 0.2) is 5.01 Å². The summed E-state index contributed by atoms with van der Waals surface area (Å²) in [6.07, 6.45) is 3.48. The molecule has 0 saturated heterocycles. The minimum Gasteiger partial charge on any atom is -0.285 e. The SMILES string of the molecule is ClCc1nnc(-c2cn[nH]c2)s1. The third kappa shape index (κ3) is 1.33. The van der Waals surface area contributed by atoms with Crippen molar-refractivity contribution in [3.63, 3.8) is 0 Å². The minimum atomic E-state index is 0.412. The summed E-state index contributed by atoms with van der Waals surface area (Å²) >= 11 is 7.06. The third-order valence-electron chi connectivity index (χ3n) is 1.33. The maximum atomic E-state index is 5.59. The minimum absolute atomic E-state index is 0.412. The van der Waals surface area contributed by atoms with Crippen LogP contribution in [0.3, 0.4) is 0 Å². The van der Waals surface area contributed by atoms with E-state index >= 15 is 0 Å². The molecule has 0 amide bonds. The van der Waals surface area contributed by atoms with Crippen LogP contribution in [-0.2, 0) is 5.88 Å². The molecule has 0 spiro atoms. The highest BCUT2D eigenvalue weighted by atomic mass is 35.5. The highest BCUT2D eigenvalue weighted by Gasteiger charge is 2.05. The van der Waals surface area contributed by atoms with E-state index in [0.717, 1.165) is 15.6 Å². The Hall–Kier alpha value is -0.940. The van der Waals surface area contributed by atoms with Gasteiger partial charge in [0.25, 0.3) is 0 Å². The van der Waals surface area contributed by atoms with Gasteiger partial charge in [-0.1, -0.05) is 11.3 Å². The number of aromatic amines is 1. The Morgan fingerprint density at radius 2 is 2.42 bits per heavy atom. The van der Waals surface area contributed by atoms with Crippen LogP contribution in [0.25, 0.3) is 10.6 Å². The fourth-order valence-electron chi connectivity index (χ4n) is 0.792.